The number of benzene rings is 17. The highest BCUT2D eigenvalue weighted by Gasteiger charge is 2.64. The second kappa shape index (κ2) is 29.6. The number of hydrogen-bond acceptors (Lipinski definition) is 2. The fraction of sp³-hybridized carbons (Fsp3) is 0.184. The molecule has 18 aromatic rings. The standard InChI is InChI=1S/C64H50N2.C61H51N/c1-2-11-44(12-3-1)46-25-29-51(30-26-46)65(53-33-35-54(36-34-53)66-61-19-8-5-14-57(61)58-15-6-9-20-62(58)66)52-31-27-47(28-32-52)45-21-23-48(24-22-45)55-16-10-17-59-56-13-4-7-18-60(56)64(63(55)59)49-38-42-37-43(40-49)41-50(64)39-42;1-60(2)56-17-8-6-13-52(56)54-32-31-50(38-58(54)60)62(48-27-23-43(24-28-48)41-11-4-3-5-12-41)49-29-25-44(26-30-49)42-19-21-45(22-20-42)51-15-10-16-55-53-14-7-9-18-57(53)61(59(51)55)46-34-39-33-40(36-46)37-47(61)35-39/h1-36,42-43,49-50H,37-41H2;3-32,38-40,46-47H,33-37H2,1-2H3. The molecule has 11 aliphatic carbocycles. The maximum atomic E-state index is 2.50. The minimum atomic E-state index is -0.0825. The van der Waals surface area contributed by atoms with E-state index in [1.165, 1.54) is 203 Å². The van der Waals surface area contributed by atoms with Gasteiger partial charge in [0.1, 0.15) is 0 Å². The summed E-state index contributed by atoms with van der Waals surface area (Å²) in [7, 11) is 0. The van der Waals surface area contributed by atoms with Gasteiger partial charge in [0.05, 0.1) is 11.0 Å². The van der Waals surface area contributed by atoms with Crippen molar-refractivity contribution in [3.8, 4) is 106 Å². The molecule has 8 fully saturated rings. The first-order chi connectivity index (χ1) is 63.1. The van der Waals surface area contributed by atoms with Crippen LogP contribution in [0.15, 0.2) is 406 Å². The van der Waals surface area contributed by atoms with Crippen molar-refractivity contribution < 1.29 is 0 Å². The van der Waals surface area contributed by atoms with Crippen molar-refractivity contribution in [1.82, 2.24) is 4.57 Å². The first kappa shape index (κ1) is 75.5. The van der Waals surface area contributed by atoms with E-state index < -0.39 is 0 Å². The molecule has 0 atom stereocenters. The second-order valence-electron chi connectivity index (χ2n) is 39.4. The maximum Gasteiger partial charge on any atom is 0.0541 e. The van der Waals surface area contributed by atoms with Crippen molar-refractivity contribution in [2.75, 3.05) is 9.80 Å². The lowest BCUT2D eigenvalue weighted by Gasteiger charge is -2.61. The number of hydrogen-bond donors (Lipinski definition) is 0. The first-order valence-electron chi connectivity index (χ1n) is 47.3. The van der Waals surface area contributed by atoms with Gasteiger partial charge in [-0.25, -0.2) is 0 Å². The zero-order chi connectivity index (χ0) is 84.5. The topological polar surface area (TPSA) is 11.4 Å². The molecule has 1 aromatic heterocycles. The molecule has 0 N–H and O–H groups in total. The Morgan fingerprint density at radius 2 is 0.484 bits per heavy atom. The summed E-state index contributed by atoms with van der Waals surface area (Å²) in [6.07, 6.45) is 14.1. The predicted octanol–water partition coefficient (Wildman–Crippen LogP) is 33.2. The molecular weight excluding hydrogens is 1540 g/mol. The summed E-state index contributed by atoms with van der Waals surface area (Å²) in [5.41, 5.74) is 43.9. The highest BCUT2D eigenvalue weighted by Crippen LogP contribution is 2.73. The Bertz CT molecular complexity index is 7250. The minimum absolute atomic E-state index is 0.0825. The van der Waals surface area contributed by atoms with Crippen LogP contribution in [-0.2, 0) is 16.2 Å². The molecule has 0 saturated heterocycles. The number of nitrogens with zero attached hydrogens (tertiary/aromatic N) is 3. The van der Waals surface area contributed by atoms with E-state index in [4.69, 9.17) is 0 Å². The van der Waals surface area contributed by atoms with Gasteiger partial charge in [-0.3, -0.25) is 0 Å². The van der Waals surface area contributed by atoms with Crippen LogP contribution in [0.1, 0.15) is 111 Å². The molecule has 17 aromatic carbocycles. The summed E-state index contributed by atoms with van der Waals surface area (Å²) in [6.45, 7) is 4.73. The Kier molecular flexibility index (Phi) is 17.5. The predicted molar refractivity (Wildman–Crippen MR) is 533 cm³/mol. The van der Waals surface area contributed by atoms with E-state index in [2.05, 4.69) is 435 Å². The van der Waals surface area contributed by atoms with Gasteiger partial charge in [-0.1, -0.05) is 323 Å². The maximum absolute atomic E-state index is 2.50. The van der Waals surface area contributed by atoms with Gasteiger partial charge in [0.15, 0.2) is 0 Å². The highest BCUT2D eigenvalue weighted by molar-refractivity contribution is 6.09. The molecule has 616 valence electrons. The Hall–Kier alpha value is -13.9. The van der Waals surface area contributed by atoms with Crippen LogP contribution >= 0.6 is 0 Å². The molecule has 0 aliphatic heterocycles. The Labute approximate surface area is 752 Å². The summed E-state index contributed by atoms with van der Waals surface area (Å²) in [5.74, 6) is 6.71. The molecule has 0 radical (unpaired) electrons. The zero-order valence-corrected chi connectivity index (χ0v) is 72.7. The van der Waals surface area contributed by atoms with Gasteiger partial charge in [0.25, 0.3) is 0 Å². The van der Waals surface area contributed by atoms with Crippen molar-refractivity contribution in [2.45, 2.75) is 94.3 Å². The fourth-order valence-electron chi connectivity index (χ4n) is 27.7. The lowest BCUT2D eigenvalue weighted by molar-refractivity contribution is -0.0397. The van der Waals surface area contributed by atoms with Gasteiger partial charge >= 0.3 is 0 Å². The molecule has 11 aliphatic rings. The van der Waals surface area contributed by atoms with Crippen molar-refractivity contribution in [1.29, 1.82) is 0 Å². The molecule has 3 nitrogen and oxygen atoms in total. The van der Waals surface area contributed by atoms with Crippen molar-refractivity contribution in [2.24, 2.45) is 47.3 Å². The third kappa shape index (κ3) is 11.7. The summed E-state index contributed by atoms with van der Waals surface area (Å²) >= 11 is 0. The van der Waals surface area contributed by atoms with Gasteiger partial charge < -0.3 is 14.4 Å². The summed E-state index contributed by atoms with van der Waals surface area (Å²) in [6, 6.07) is 153. The average molecular weight is 1650 g/mol. The molecule has 0 unspecified atom stereocenters. The Balaban J connectivity index is 0.000000136. The van der Waals surface area contributed by atoms with E-state index >= 15 is 0 Å². The van der Waals surface area contributed by atoms with Crippen molar-refractivity contribution >= 4 is 55.9 Å². The van der Waals surface area contributed by atoms with E-state index in [0.29, 0.717) is 0 Å². The van der Waals surface area contributed by atoms with E-state index in [1.807, 2.05) is 0 Å². The smallest absolute Gasteiger partial charge is 0.0541 e. The number of rotatable bonds is 13. The SMILES string of the molecule is CC1(C)c2ccccc2-c2ccc(N(c3ccc(-c4ccccc4)cc3)c3ccc(-c4ccc(-c5cccc6c5C5(c7ccccc7-6)C6CC7CC(C6)CC5C7)cc4)cc3)cc21.c1ccc(-c2ccc(N(c3ccc(-c4ccc(-c5cccc6c5C5(c7ccccc7-6)C6CC7CC(C6)CC5C7)cc4)cc3)c3ccc(-n4c5ccccc5c5ccccc54)cc3)cc2)cc1. The quantitative estimate of drug-likeness (QED) is 0.114. The molecule has 8 bridgehead atoms. The Morgan fingerprint density at radius 3 is 0.875 bits per heavy atom. The van der Waals surface area contributed by atoms with Gasteiger partial charge in [-0.15, -0.1) is 0 Å². The molecule has 3 heteroatoms. The number of fused-ring (bicyclic) bond motifs is 12. The molecule has 1 heterocycles. The van der Waals surface area contributed by atoms with Crippen LogP contribution in [0, 0.1) is 47.3 Å². The first-order valence-corrected chi connectivity index (χ1v) is 47.3. The van der Waals surface area contributed by atoms with Crippen LogP contribution < -0.4 is 9.80 Å². The van der Waals surface area contributed by atoms with Crippen LogP contribution in [0.2, 0.25) is 0 Å². The van der Waals surface area contributed by atoms with Gasteiger partial charge in [-0.05, 0) is 342 Å². The van der Waals surface area contributed by atoms with Crippen molar-refractivity contribution in [3.63, 3.8) is 0 Å². The van der Waals surface area contributed by atoms with E-state index in [1.54, 1.807) is 22.3 Å². The number of aromatic nitrogens is 1. The van der Waals surface area contributed by atoms with Gasteiger partial charge in [-0.2, -0.15) is 0 Å². The molecule has 128 heavy (non-hydrogen) atoms. The average Bonchev–Trinajstić information content (AvgIpc) is 1.49. The van der Waals surface area contributed by atoms with Crippen LogP contribution in [-0.4, -0.2) is 4.57 Å². The van der Waals surface area contributed by atoms with E-state index in [-0.39, 0.29) is 16.2 Å². The lowest BCUT2D eigenvalue weighted by atomic mass is 9.42. The molecule has 8 saturated carbocycles. The highest BCUT2D eigenvalue weighted by atomic mass is 15.1. The van der Waals surface area contributed by atoms with E-state index in [0.717, 1.165) is 81.5 Å². The third-order valence-corrected chi connectivity index (χ3v) is 32.7. The van der Waals surface area contributed by atoms with Crippen LogP contribution in [0.5, 0.6) is 0 Å². The molecule has 2 spiro atoms. The van der Waals surface area contributed by atoms with Crippen LogP contribution in [0.4, 0.5) is 34.1 Å². The van der Waals surface area contributed by atoms with Crippen molar-refractivity contribution in [3.05, 3.63) is 440 Å². The number of anilines is 6. The van der Waals surface area contributed by atoms with Crippen LogP contribution in [0.25, 0.3) is 128 Å². The monoisotopic (exact) mass is 1640 g/mol. The summed E-state index contributed by atoms with van der Waals surface area (Å²) in [4.78, 5) is 4.81. The van der Waals surface area contributed by atoms with Gasteiger partial charge in [0, 0.05) is 66.8 Å². The fourth-order valence-corrected chi connectivity index (χ4v) is 27.7. The minimum Gasteiger partial charge on any atom is -0.311 e. The second-order valence-corrected chi connectivity index (χ2v) is 39.4. The zero-order valence-electron chi connectivity index (χ0n) is 72.7. The summed E-state index contributed by atoms with van der Waals surface area (Å²) in [5, 5.41) is 2.54. The molecule has 29 rings (SSSR count). The van der Waals surface area contributed by atoms with E-state index in [9.17, 15) is 0 Å². The van der Waals surface area contributed by atoms with Gasteiger partial charge in [0.2, 0.25) is 0 Å². The number of para-hydroxylation sites is 2. The van der Waals surface area contributed by atoms with Crippen LogP contribution in [0.3, 0.4) is 0 Å². The normalized spacial score (nSPS) is 22.0. The lowest BCUT2D eigenvalue weighted by Crippen LogP contribution is -2.55. The molecule has 0 amide bonds. The third-order valence-electron chi connectivity index (χ3n) is 32.7. The molecular formula is C125H101N3. The largest absolute Gasteiger partial charge is 0.311 e. The summed E-state index contributed by atoms with van der Waals surface area (Å²) < 4.78 is 2.39. The Morgan fingerprint density at radius 1 is 0.211 bits per heavy atom.